The number of hydrazone groups is 1. The van der Waals surface area contributed by atoms with E-state index in [1.165, 1.54) is 0 Å². The molecule has 0 fully saturated rings. The van der Waals surface area contributed by atoms with Crippen LogP contribution in [-0.2, 0) is 13.1 Å². The lowest BCUT2D eigenvalue weighted by Crippen LogP contribution is -2.31. The Hall–Kier alpha value is -2.41. The SMILES string of the molecule is Cc1nn(Cc2ccc(Cl)cc2)c(Cl)c1C=NNC(=S)NCc1ccccc1. The lowest BCUT2D eigenvalue weighted by molar-refractivity contribution is 0.680. The highest BCUT2D eigenvalue weighted by molar-refractivity contribution is 7.80. The highest BCUT2D eigenvalue weighted by Crippen LogP contribution is 2.19. The second-order valence-corrected chi connectivity index (χ2v) is 7.31. The van der Waals surface area contributed by atoms with E-state index in [4.69, 9.17) is 35.4 Å². The van der Waals surface area contributed by atoms with Gasteiger partial charge in [-0.05, 0) is 42.4 Å². The van der Waals surface area contributed by atoms with Crippen molar-refractivity contribution in [2.75, 3.05) is 0 Å². The zero-order valence-corrected chi connectivity index (χ0v) is 17.5. The van der Waals surface area contributed by atoms with E-state index in [1.807, 2.05) is 61.5 Å². The summed E-state index contributed by atoms with van der Waals surface area (Å²) in [5, 5.41) is 13.4. The Labute approximate surface area is 179 Å². The van der Waals surface area contributed by atoms with Crippen LogP contribution in [0, 0.1) is 6.92 Å². The highest BCUT2D eigenvalue weighted by atomic mass is 35.5. The van der Waals surface area contributed by atoms with Gasteiger partial charge in [0, 0.05) is 11.6 Å². The van der Waals surface area contributed by atoms with Crippen LogP contribution in [0.4, 0.5) is 0 Å². The monoisotopic (exact) mass is 431 g/mol. The van der Waals surface area contributed by atoms with E-state index in [9.17, 15) is 0 Å². The molecule has 0 aliphatic heterocycles. The number of hydrogen-bond donors (Lipinski definition) is 2. The molecule has 1 aromatic heterocycles. The molecule has 0 spiro atoms. The molecule has 0 radical (unpaired) electrons. The maximum absolute atomic E-state index is 6.47. The first-order valence-corrected chi connectivity index (χ1v) is 9.77. The molecule has 28 heavy (non-hydrogen) atoms. The van der Waals surface area contributed by atoms with Gasteiger partial charge in [0.25, 0.3) is 0 Å². The molecule has 0 amide bonds. The van der Waals surface area contributed by atoms with E-state index in [0.717, 1.165) is 22.4 Å². The number of nitrogens with one attached hydrogen (secondary N) is 2. The summed E-state index contributed by atoms with van der Waals surface area (Å²) in [6.45, 7) is 3.06. The Morgan fingerprint density at radius 2 is 1.82 bits per heavy atom. The number of aryl methyl sites for hydroxylation is 1. The normalized spacial score (nSPS) is 11.0. The predicted octanol–water partition coefficient (Wildman–Crippen LogP) is 4.54. The average molecular weight is 432 g/mol. The van der Waals surface area contributed by atoms with Crippen LogP contribution in [0.2, 0.25) is 10.2 Å². The predicted molar refractivity (Wildman–Crippen MR) is 119 cm³/mol. The summed E-state index contributed by atoms with van der Waals surface area (Å²) in [6.07, 6.45) is 1.62. The Morgan fingerprint density at radius 3 is 2.54 bits per heavy atom. The lowest BCUT2D eigenvalue weighted by Gasteiger charge is -2.06. The van der Waals surface area contributed by atoms with E-state index < -0.39 is 0 Å². The molecule has 0 saturated heterocycles. The number of benzene rings is 2. The van der Waals surface area contributed by atoms with Gasteiger partial charge in [-0.15, -0.1) is 0 Å². The first kappa shape index (κ1) is 20.3. The molecule has 0 bridgehead atoms. The van der Waals surface area contributed by atoms with Crippen LogP contribution in [0.25, 0.3) is 0 Å². The van der Waals surface area contributed by atoms with Crippen LogP contribution in [0.1, 0.15) is 22.4 Å². The van der Waals surface area contributed by atoms with Gasteiger partial charge in [0.2, 0.25) is 0 Å². The number of hydrogen-bond acceptors (Lipinski definition) is 3. The van der Waals surface area contributed by atoms with Gasteiger partial charge in [-0.2, -0.15) is 10.2 Å². The number of nitrogens with zero attached hydrogens (tertiary/aromatic N) is 3. The van der Waals surface area contributed by atoms with E-state index in [-0.39, 0.29) is 0 Å². The Kier molecular flexibility index (Phi) is 7.03. The van der Waals surface area contributed by atoms with Crippen molar-refractivity contribution in [1.29, 1.82) is 0 Å². The van der Waals surface area contributed by atoms with Gasteiger partial charge >= 0.3 is 0 Å². The first-order chi connectivity index (χ1) is 13.5. The summed E-state index contributed by atoms with van der Waals surface area (Å²) in [4.78, 5) is 0. The van der Waals surface area contributed by atoms with E-state index in [0.29, 0.717) is 28.4 Å². The number of rotatable bonds is 6. The smallest absolute Gasteiger partial charge is 0.187 e. The molecule has 2 N–H and O–H groups in total. The van der Waals surface area contributed by atoms with Gasteiger partial charge in [0.15, 0.2) is 5.11 Å². The van der Waals surface area contributed by atoms with E-state index in [1.54, 1.807) is 10.9 Å². The maximum atomic E-state index is 6.47. The summed E-state index contributed by atoms with van der Waals surface area (Å²) in [7, 11) is 0. The summed E-state index contributed by atoms with van der Waals surface area (Å²) in [5.74, 6) is 0. The van der Waals surface area contributed by atoms with Crippen LogP contribution in [0.3, 0.4) is 0 Å². The minimum atomic E-state index is 0.433. The van der Waals surface area contributed by atoms with Crippen molar-refractivity contribution in [2.45, 2.75) is 20.0 Å². The molecule has 0 aliphatic rings. The third-order valence-corrected chi connectivity index (χ3v) is 4.90. The average Bonchev–Trinajstić information content (AvgIpc) is 2.96. The molecule has 0 saturated carbocycles. The third kappa shape index (κ3) is 5.55. The zero-order valence-electron chi connectivity index (χ0n) is 15.2. The zero-order chi connectivity index (χ0) is 19.9. The Morgan fingerprint density at radius 1 is 1.11 bits per heavy atom. The van der Waals surface area contributed by atoms with E-state index >= 15 is 0 Å². The van der Waals surface area contributed by atoms with Gasteiger partial charge < -0.3 is 5.32 Å². The number of halogens is 2. The molecule has 0 atom stereocenters. The quantitative estimate of drug-likeness (QED) is 0.341. The van der Waals surface area contributed by atoms with Gasteiger partial charge in [-0.25, -0.2) is 4.68 Å². The minimum Gasteiger partial charge on any atom is -0.357 e. The molecule has 2 aromatic carbocycles. The van der Waals surface area contributed by atoms with Gasteiger partial charge in [0.1, 0.15) is 5.15 Å². The van der Waals surface area contributed by atoms with Crippen LogP contribution in [0.5, 0.6) is 0 Å². The van der Waals surface area contributed by atoms with Crippen molar-refractivity contribution < 1.29 is 0 Å². The summed E-state index contributed by atoms with van der Waals surface area (Å²) in [6, 6.07) is 17.6. The lowest BCUT2D eigenvalue weighted by atomic mass is 10.2. The molecule has 8 heteroatoms. The topological polar surface area (TPSA) is 54.2 Å². The third-order valence-electron chi connectivity index (χ3n) is 4.01. The summed E-state index contributed by atoms with van der Waals surface area (Å²) < 4.78 is 1.73. The highest BCUT2D eigenvalue weighted by Gasteiger charge is 2.12. The Bertz CT molecular complexity index is 968. The fraction of sp³-hybridized carbons (Fsp3) is 0.150. The van der Waals surface area contributed by atoms with Crippen LogP contribution < -0.4 is 10.7 Å². The molecular weight excluding hydrogens is 413 g/mol. The second kappa shape index (κ2) is 9.68. The second-order valence-electron chi connectivity index (χ2n) is 6.11. The first-order valence-electron chi connectivity index (χ1n) is 8.61. The van der Waals surface area contributed by atoms with Crippen molar-refractivity contribution >= 4 is 46.7 Å². The summed E-state index contributed by atoms with van der Waals surface area (Å²) in [5.41, 5.74) is 6.52. The van der Waals surface area contributed by atoms with Crippen molar-refractivity contribution in [1.82, 2.24) is 20.5 Å². The van der Waals surface area contributed by atoms with Crippen molar-refractivity contribution in [2.24, 2.45) is 5.10 Å². The number of aromatic nitrogens is 2. The molecule has 0 unspecified atom stereocenters. The van der Waals surface area contributed by atoms with Gasteiger partial charge in [-0.1, -0.05) is 65.7 Å². The molecular formula is C20H19Cl2N5S. The molecule has 0 aliphatic carbocycles. The molecule has 5 nitrogen and oxygen atoms in total. The fourth-order valence-corrected chi connectivity index (χ4v) is 3.09. The van der Waals surface area contributed by atoms with Crippen LogP contribution in [-0.4, -0.2) is 21.1 Å². The van der Waals surface area contributed by atoms with Crippen molar-refractivity contribution in [3.63, 3.8) is 0 Å². The van der Waals surface area contributed by atoms with Gasteiger partial charge in [-0.3, -0.25) is 5.43 Å². The van der Waals surface area contributed by atoms with Crippen LogP contribution >= 0.6 is 35.4 Å². The maximum Gasteiger partial charge on any atom is 0.187 e. The standard InChI is InChI=1S/C20H19Cl2N5S/c1-14-18(12-24-25-20(28)23-11-15-5-3-2-4-6-15)19(22)27(26-14)13-16-7-9-17(21)10-8-16/h2-10,12H,11,13H2,1H3,(H2,23,25,28). The minimum absolute atomic E-state index is 0.433. The Balaban J connectivity index is 1.58. The van der Waals surface area contributed by atoms with Gasteiger partial charge in [0.05, 0.1) is 24.0 Å². The van der Waals surface area contributed by atoms with Crippen molar-refractivity contribution in [3.05, 3.63) is 87.2 Å². The molecule has 3 rings (SSSR count). The molecule has 3 aromatic rings. The van der Waals surface area contributed by atoms with Crippen molar-refractivity contribution in [3.8, 4) is 0 Å². The number of thiocarbonyl (C=S) groups is 1. The van der Waals surface area contributed by atoms with E-state index in [2.05, 4.69) is 20.9 Å². The molecule has 144 valence electrons. The largest absolute Gasteiger partial charge is 0.357 e. The summed E-state index contributed by atoms with van der Waals surface area (Å²) >= 11 is 17.6. The van der Waals surface area contributed by atoms with Crippen LogP contribution in [0.15, 0.2) is 59.7 Å². The fourth-order valence-electron chi connectivity index (χ4n) is 2.55. The molecule has 1 heterocycles.